The lowest BCUT2D eigenvalue weighted by Gasteiger charge is -2.30. The molecule has 0 saturated carbocycles. The van der Waals surface area contributed by atoms with Gasteiger partial charge in [0.1, 0.15) is 18.6 Å². The maximum atomic E-state index is 12.7. The highest BCUT2D eigenvalue weighted by atomic mass is 32.1. The van der Waals surface area contributed by atoms with Crippen molar-refractivity contribution in [1.82, 2.24) is 19.7 Å². The molecule has 1 fully saturated rings. The molecule has 7 nitrogen and oxygen atoms in total. The van der Waals surface area contributed by atoms with E-state index in [0.717, 1.165) is 23.4 Å². The lowest BCUT2D eigenvalue weighted by Crippen LogP contribution is -2.34. The van der Waals surface area contributed by atoms with Gasteiger partial charge in [0.2, 0.25) is 16.4 Å². The summed E-state index contributed by atoms with van der Waals surface area (Å²) in [5.41, 5.74) is 0.751. The van der Waals surface area contributed by atoms with Crippen LogP contribution >= 0.6 is 12.2 Å². The van der Waals surface area contributed by atoms with Gasteiger partial charge in [0.25, 0.3) is 0 Å². The zero-order chi connectivity index (χ0) is 22.2. The third-order valence-corrected chi connectivity index (χ3v) is 5.15. The van der Waals surface area contributed by atoms with E-state index in [4.69, 9.17) is 26.4 Å². The zero-order valence-electron chi connectivity index (χ0n) is 16.6. The number of benzene rings is 1. The number of aromatic amines is 1. The van der Waals surface area contributed by atoms with Crippen LogP contribution in [0.15, 0.2) is 42.9 Å². The van der Waals surface area contributed by atoms with Crippen molar-refractivity contribution in [3.8, 4) is 11.6 Å². The highest BCUT2D eigenvalue weighted by Gasteiger charge is 2.43. The number of alkyl halides is 3. The topological polar surface area (TPSA) is 74.2 Å². The molecule has 1 N–H and O–H groups in total. The molecule has 1 saturated heterocycles. The molecule has 3 aromatic rings. The van der Waals surface area contributed by atoms with Crippen LogP contribution in [0.4, 0.5) is 13.2 Å². The van der Waals surface area contributed by atoms with Crippen LogP contribution in [0, 0.1) is 11.7 Å². The lowest BCUT2D eigenvalue weighted by atomic mass is 9.99. The molecule has 31 heavy (non-hydrogen) atoms. The van der Waals surface area contributed by atoms with E-state index < -0.39 is 17.5 Å². The number of hydrogen-bond acceptors (Lipinski definition) is 6. The van der Waals surface area contributed by atoms with Gasteiger partial charge < -0.3 is 14.2 Å². The second kappa shape index (κ2) is 8.06. The molecule has 1 aliphatic heterocycles. The van der Waals surface area contributed by atoms with Gasteiger partial charge in [-0.2, -0.15) is 13.2 Å². The van der Waals surface area contributed by atoms with E-state index >= 15 is 0 Å². The third-order valence-electron chi connectivity index (χ3n) is 4.82. The number of aryl methyl sites for hydroxylation is 1. The van der Waals surface area contributed by atoms with Gasteiger partial charge in [0.15, 0.2) is 0 Å². The van der Waals surface area contributed by atoms with E-state index in [0.29, 0.717) is 17.1 Å². The van der Waals surface area contributed by atoms with Crippen molar-refractivity contribution < 1.29 is 27.4 Å². The summed E-state index contributed by atoms with van der Waals surface area (Å²) in [7, 11) is 0. The summed E-state index contributed by atoms with van der Waals surface area (Å²) in [6.45, 7) is 4.47. The van der Waals surface area contributed by atoms with Crippen molar-refractivity contribution in [3.63, 3.8) is 0 Å². The fourth-order valence-corrected chi connectivity index (χ4v) is 3.58. The number of nitrogens with zero attached hydrogens (tertiary/aromatic N) is 3. The molecule has 2 unspecified atom stereocenters. The van der Waals surface area contributed by atoms with Crippen molar-refractivity contribution in [2.24, 2.45) is 0 Å². The highest BCUT2D eigenvalue weighted by molar-refractivity contribution is 7.71. The molecule has 0 aliphatic carbocycles. The van der Waals surface area contributed by atoms with Crippen LogP contribution in [0.1, 0.15) is 23.6 Å². The van der Waals surface area contributed by atoms with Gasteiger partial charge in [-0.15, -0.1) is 0 Å². The second-order valence-electron chi connectivity index (χ2n) is 7.21. The molecular weight excluding hydrogens is 433 g/mol. The zero-order valence-corrected chi connectivity index (χ0v) is 17.5. The fraction of sp³-hybridized carbons (Fsp3) is 0.350. The van der Waals surface area contributed by atoms with Crippen LogP contribution in [-0.2, 0) is 28.0 Å². The molecule has 2 atom stereocenters. The quantitative estimate of drug-likeness (QED) is 0.564. The summed E-state index contributed by atoms with van der Waals surface area (Å²) in [5, 5.41) is 2.95. The van der Waals surface area contributed by atoms with Gasteiger partial charge in [-0.1, -0.05) is 0 Å². The van der Waals surface area contributed by atoms with Crippen LogP contribution in [-0.4, -0.2) is 32.5 Å². The third kappa shape index (κ3) is 4.48. The van der Waals surface area contributed by atoms with Crippen molar-refractivity contribution in [3.05, 3.63) is 64.3 Å². The Morgan fingerprint density at radius 3 is 2.65 bits per heavy atom. The Hall–Kier alpha value is -2.76. The molecule has 0 radical (unpaired) electrons. The molecule has 0 amide bonds. The first kappa shape index (κ1) is 21.5. The number of ether oxygens (including phenoxy) is 3. The second-order valence-corrected chi connectivity index (χ2v) is 7.58. The molecular formula is C20H19F3N4O3S. The van der Waals surface area contributed by atoms with Gasteiger partial charge in [-0.25, -0.2) is 9.97 Å². The van der Waals surface area contributed by atoms with Crippen molar-refractivity contribution in [1.29, 1.82) is 0 Å². The Kier molecular flexibility index (Phi) is 5.58. The van der Waals surface area contributed by atoms with E-state index in [1.807, 2.05) is 13.8 Å². The molecule has 164 valence electrons. The highest BCUT2D eigenvalue weighted by Crippen LogP contribution is 2.39. The van der Waals surface area contributed by atoms with E-state index in [-0.39, 0.29) is 18.5 Å². The summed E-state index contributed by atoms with van der Waals surface area (Å²) < 4.78 is 57.9. The molecule has 0 bridgehead atoms. The minimum atomic E-state index is -4.45. The molecule has 3 heterocycles. The van der Waals surface area contributed by atoms with Gasteiger partial charge >= 0.3 is 6.18 Å². The van der Waals surface area contributed by atoms with Crippen LogP contribution in [0.2, 0.25) is 0 Å². The average Bonchev–Trinajstić information content (AvgIpc) is 3.28. The summed E-state index contributed by atoms with van der Waals surface area (Å²) in [4.78, 5) is 7.76. The van der Waals surface area contributed by atoms with Crippen LogP contribution in [0.3, 0.4) is 0 Å². The maximum Gasteiger partial charge on any atom is 0.417 e. The molecule has 0 spiro atoms. The summed E-state index contributed by atoms with van der Waals surface area (Å²) in [5.74, 6) is -0.590. The predicted octanol–water partition coefficient (Wildman–Crippen LogP) is 4.74. The van der Waals surface area contributed by atoms with Crippen molar-refractivity contribution in [2.75, 3.05) is 6.61 Å². The van der Waals surface area contributed by atoms with E-state index in [2.05, 4.69) is 15.1 Å². The van der Waals surface area contributed by atoms with E-state index in [9.17, 15) is 13.2 Å². The number of rotatable bonds is 5. The maximum absolute atomic E-state index is 12.7. The number of halogens is 3. The number of aromatic nitrogens is 4. The average molecular weight is 452 g/mol. The minimum absolute atomic E-state index is 0.0561. The molecule has 4 rings (SSSR count). The lowest BCUT2D eigenvalue weighted by molar-refractivity contribution is -0.187. The van der Waals surface area contributed by atoms with Gasteiger partial charge in [-0.3, -0.25) is 9.78 Å². The number of nitrogens with one attached hydrogen (secondary N) is 1. The smallest absolute Gasteiger partial charge is 0.417 e. The molecule has 1 aromatic carbocycles. The van der Waals surface area contributed by atoms with Crippen LogP contribution in [0.25, 0.3) is 0 Å². The summed E-state index contributed by atoms with van der Waals surface area (Å²) in [6, 6.07) is 7.34. The number of H-pyrrole nitrogens is 1. The SMILES string of the molecule is Cc1cc(Oc2ccc(C(F)(F)F)cn2)ccc1C1(Cn2[nH]cnc2=S)OCC(C)O1. The first-order valence-electron chi connectivity index (χ1n) is 9.40. The van der Waals surface area contributed by atoms with Crippen molar-refractivity contribution in [2.45, 2.75) is 38.5 Å². The van der Waals surface area contributed by atoms with Gasteiger partial charge in [0, 0.05) is 17.8 Å². The van der Waals surface area contributed by atoms with Crippen LogP contribution in [0.5, 0.6) is 11.6 Å². The standard InChI is InChI=1S/C20H19F3N4O3S/c1-12-7-15(29-17-6-3-14(8-24-17)20(21,22)23)4-5-16(12)19(28-9-13(2)30-19)10-27-18(31)25-11-26-27/h3-8,11,13H,9-10H2,1-2H3,(H,25,26,31). The summed E-state index contributed by atoms with van der Waals surface area (Å²) in [6.07, 6.45) is -2.34. The van der Waals surface area contributed by atoms with Gasteiger partial charge in [0.05, 0.1) is 18.3 Å². The van der Waals surface area contributed by atoms with Crippen LogP contribution < -0.4 is 4.74 Å². The predicted molar refractivity (Wildman–Crippen MR) is 106 cm³/mol. The van der Waals surface area contributed by atoms with E-state index in [1.165, 1.54) is 12.4 Å². The Morgan fingerprint density at radius 1 is 1.29 bits per heavy atom. The Labute approximate surface area is 180 Å². The summed E-state index contributed by atoms with van der Waals surface area (Å²) >= 11 is 5.22. The van der Waals surface area contributed by atoms with Crippen molar-refractivity contribution >= 4 is 12.2 Å². The Morgan fingerprint density at radius 2 is 2.10 bits per heavy atom. The Bertz CT molecular complexity index is 1130. The van der Waals surface area contributed by atoms with E-state index in [1.54, 1.807) is 22.9 Å². The first-order valence-corrected chi connectivity index (χ1v) is 9.81. The number of pyridine rings is 1. The van der Waals surface area contributed by atoms with Gasteiger partial charge in [-0.05, 0) is 55.9 Å². The normalized spacial score (nSPS) is 21.4. The number of hydrogen-bond donors (Lipinski definition) is 1. The first-order chi connectivity index (χ1) is 14.7. The monoisotopic (exact) mass is 452 g/mol. The largest absolute Gasteiger partial charge is 0.439 e. The molecule has 2 aromatic heterocycles. The molecule has 11 heteroatoms. The fourth-order valence-electron chi connectivity index (χ4n) is 3.41. The Balaban J connectivity index is 1.59. The minimum Gasteiger partial charge on any atom is -0.439 e. The molecule has 1 aliphatic rings.